The van der Waals surface area contributed by atoms with Crippen molar-refractivity contribution in [3.63, 3.8) is 0 Å². The molecular weight excluding hydrogens is 635 g/mol. The van der Waals surface area contributed by atoms with Gasteiger partial charge in [-0.05, 0) is 72.8 Å². The molecule has 0 atom stereocenters. The Hall–Kier alpha value is -7.04. The molecule has 4 heteroatoms. The maximum absolute atomic E-state index is 7.24. The molecule has 0 aliphatic heterocycles. The highest BCUT2D eigenvalue weighted by atomic mass is 16.3. The second-order valence-electron chi connectivity index (χ2n) is 13.7. The summed E-state index contributed by atoms with van der Waals surface area (Å²) in [5.41, 5.74) is 12.0. The lowest BCUT2D eigenvalue weighted by Crippen LogP contribution is -1.95. The summed E-state index contributed by atoms with van der Waals surface area (Å²) in [6.45, 7) is 0. The Labute approximate surface area is 297 Å². The molecule has 0 aliphatic carbocycles. The minimum atomic E-state index is 0.896. The molecule has 0 spiro atoms. The summed E-state index contributed by atoms with van der Waals surface area (Å²) in [7, 11) is 0. The van der Waals surface area contributed by atoms with Crippen LogP contribution in [0.25, 0.3) is 104 Å². The molecule has 0 saturated heterocycles. The molecule has 12 aromatic rings. The molecule has 4 nitrogen and oxygen atoms in total. The van der Waals surface area contributed by atoms with Crippen LogP contribution >= 0.6 is 0 Å². The molecule has 242 valence electrons. The fourth-order valence-corrected chi connectivity index (χ4v) is 8.86. The molecule has 4 aromatic heterocycles. The Balaban J connectivity index is 1.21. The summed E-state index contributed by atoms with van der Waals surface area (Å²) < 4.78 is 14.4. The first-order chi connectivity index (χ1) is 25.8. The molecule has 4 heterocycles. The minimum Gasteiger partial charge on any atom is -0.452 e. The largest absolute Gasteiger partial charge is 0.452 e. The molecule has 52 heavy (non-hydrogen) atoms. The Bertz CT molecular complexity index is 3390. The molecule has 0 amide bonds. The lowest BCUT2D eigenvalue weighted by atomic mass is 10.1. The first kappa shape index (κ1) is 27.7. The van der Waals surface area contributed by atoms with E-state index in [1.54, 1.807) is 0 Å². The predicted molar refractivity (Wildman–Crippen MR) is 217 cm³/mol. The number of furan rings is 1. The van der Waals surface area contributed by atoms with Gasteiger partial charge in [0.05, 0.1) is 33.1 Å². The maximum atomic E-state index is 7.24. The highest BCUT2D eigenvalue weighted by Crippen LogP contribution is 2.45. The van der Waals surface area contributed by atoms with E-state index in [1.807, 2.05) is 0 Å². The van der Waals surface area contributed by atoms with E-state index in [1.165, 1.54) is 48.9 Å². The maximum Gasteiger partial charge on any atom is 0.160 e. The van der Waals surface area contributed by atoms with Gasteiger partial charge in [0, 0.05) is 60.2 Å². The van der Waals surface area contributed by atoms with Crippen molar-refractivity contribution in [2.45, 2.75) is 0 Å². The van der Waals surface area contributed by atoms with E-state index in [0.717, 1.165) is 55.6 Å². The standard InChI is InChI=1S/C48H29N3O/c1-3-13-30(14-4-1)49-41-20-10-9-19-35(41)40-29-32(23-28-44(40)49)51-43-22-12-8-18-34(43)37-25-27-39-38-26-24-36-33-17-7-11-21-42(33)50(31-15-5-2-6-16-31)45(36)47(38)52-48(39)46(37)51/h1-29H. The van der Waals surface area contributed by atoms with Crippen LogP contribution in [0.15, 0.2) is 180 Å². The van der Waals surface area contributed by atoms with Gasteiger partial charge in [-0.1, -0.05) is 103 Å². The molecular formula is C48H29N3O. The molecule has 0 N–H and O–H groups in total. The van der Waals surface area contributed by atoms with Crippen molar-refractivity contribution in [1.29, 1.82) is 0 Å². The van der Waals surface area contributed by atoms with Crippen LogP contribution in [-0.4, -0.2) is 13.7 Å². The Kier molecular flexibility index (Phi) is 5.47. The van der Waals surface area contributed by atoms with E-state index in [2.05, 4.69) is 190 Å². The fraction of sp³-hybridized carbons (Fsp3) is 0. The van der Waals surface area contributed by atoms with Crippen molar-refractivity contribution in [2.75, 3.05) is 0 Å². The molecule has 0 aliphatic rings. The number of para-hydroxylation sites is 5. The molecule has 8 aromatic carbocycles. The third-order valence-electron chi connectivity index (χ3n) is 11.0. The van der Waals surface area contributed by atoms with Crippen molar-refractivity contribution in [3.8, 4) is 17.1 Å². The van der Waals surface area contributed by atoms with Crippen LogP contribution in [0, 0.1) is 0 Å². The van der Waals surface area contributed by atoms with Crippen LogP contribution in [0.2, 0.25) is 0 Å². The molecule has 0 radical (unpaired) electrons. The average molecular weight is 664 g/mol. The smallest absolute Gasteiger partial charge is 0.160 e. The fourth-order valence-electron chi connectivity index (χ4n) is 8.86. The van der Waals surface area contributed by atoms with Crippen LogP contribution in [0.3, 0.4) is 0 Å². The van der Waals surface area contributed by atoms with Gasteiger partial charge < -0.3 is 18.1 Å². The number of aromatic nitrogens is 3. The number of benzene rings is 8. The van der Waals surface area contributed by atoms with E-state index < -0.39 is 0 Å². The summed E-state index contributed by atoms with van der Waals surface area (Å²) in [5.74, 6) is 0. The first-order valence-corrected chi connectivity index (χ1v) is 17.8. The van der Waals surface area contributed by atoms with Crippen LogP contribution < -0.4 is 0 Å². The van der Waals surface area contributed by atoms with Crippen molar-refractivity contribution in [3.05, 3.63) is 176 Å². The summed E-state index contributed by atoms with van der Waals surface area (Å²) in [5, 5.41) is 9.45. The topological polar surface area (TPSA) is 27.9 Å². The van der Waals surface area contributed by atoms with Crippen LogP contribution in [0.5, 0.6) is 0 Å². The Morgan fingerprint density at radius 2 is 0.673 bits per heavy atom. The van der Waals surface area contributed by atoms with E-state index >= 15 is 0 Å². The van der Waals surface area contributed by atoms with Gasteiger partial charge in [-0.25, -0.2) is 0 Å². The van der Waals surface area contributed by atoms with Gasteiger partial charge in [-0.2, -0.15) is 0 Å². The quantitative estimate of drug-likeness (QED) is 0.185. The summed E-state index contributed by atoms with van der Waals surface area (Å²) in [6.07, 6.45) is 0. The first-order valence-electron chi connectivity index (χ1n) is 17.8. The summed E-state index contributed by atoms with van der Waals surface area (Å²) >= 11 is 0. The average Bonchev–Trinajstić information content (AvgIpc) is 3.95. The van der Waals surface area contributed by atoms with Gasteiger partial charge in [0.1, 0.15) is 0 Å². The lowest BCUT2D eigenvalue weighted by Gasteiger charge is -2.10. The van der Waals surface area contributed by atoms with Gasteiger partial charge in [-0.3, -0.25) is 0 Å². The SMILES string of the molecule is c1ccc(-n2c3ccccc3c3cc(-n4c5ccccc5c5ccc6c7ccc8c9ccccc9n(-c9ccccc9)c8c7oc6c54)ccc32)cc1. The van der Waals surface area contributed by atoms with Crippen LogP contribution in [0.1, 0.15) is 0 Å². The van der Waals surface area contributed by atoms with Crippen molar-refractivity contribution in [2.24, 2.45) is 0 Å². The normalized spacial score (nSPS) is 12.2. The third-order valence-corrected chi connectivity index (χ3v) is 11.0. The Morgan fingerprint density at radius 1 is 0.269 bits per heavy atom. The van der Waals surface area contributed by atoms with Crippen molar-refractivity contribution >= 4 is 87.4 Å². The van der Waals surface area contributed by atoms with Gasteiger partial charge >= 0.3 is 0 Å². The van der Waals surface area contributed by atoms with Gasteiger partial charge in [-0.15, -0.1) is 0 Å². The number of fused-ring (bicyclic) bond motifs is 14. The predicted octanol–water partition coefficient (Wildman–Crippen LogP) is 12.9. The highest BCUT2D eigenvalue weighted by molar-refractivity contribution is 6.26. The molecule has 12 rings (SSSR count). The molecule has 0 bridgehead atoms. The minimum absolute atomic E-state index is 0.896. The summed E-state index contributed by atoms with van der Waals surface area (Å²) in [6, 6.07) is 63.3. The number of hydrogen-bond acceptors (Lipinski definition) is 1. The van der Waals surface area contributed by atoms with Gasteiger partial charge in [0.25, 0.3) is 0 Å². The van der Waals surface area contributed by atoms with Crippen LogP contribution in [0.4, 0.5) is 0 Å². The van der Waals surface area contributed by atoms with E-state index in [4.69, 9.17) is 4.42 Å². The lowest BCUT2D eigenvalue weighted by molar-refractivity contribution is 0.673. The van der Waals surface area contributed by atoms with Crippen molar-refractivity contribution < 1.29 is 4.42 Å². The highest BCUT2D eigenvalue weighted by Gasteiger charge is 2.23. The Morgan fingerprint density at radius 3 is 1.23 bits per heavy atom. The van der Waals surface area contributed by atoms with Gasteiger partial charge in [0.15, 0.2) is 11.2 Å². The second kappa shape index (κ2) is 10.3. The molecule has 0 fully saturated rings. The number of nitrogens with zero attached hydrogens (tertiary/aromatic N) is 3. The second-order valence-corrected chi connectivity index (χ2v) is 13.7. The number of hydrogen-bond donors (Lipinski definition) is 0. The zero-order valence-corrected chi connectivity index (χ0v) is 28.0. The number of rotatable bonds is 3. The molecule has 0 unspecified atom stereocenters. The molecule has 0 saturated carbocycles. The zero-order chi connectivity index (χ0) is 33.9. The van der Waals surface area contributed by atoms with Gasteiger partial charge in [0.2, 0.25) is 0 Å². The van der Waals surface area contributed by atoms with Crippen LogP contribution in [-0.2, 0) is 0 Å². The summed E-state index contributed by atoms with van der Waals surface area (Å²) in [4.78, 5) is 0. The van der Waals surface area contributed by atoms with E-state index in [0.29, 0.717) is 0 Å². The van der Waals surface area contributed by atoms with Crippen molar-refractivity contribution in [1.82, 2.24) is 13.7 Å². The van der Waals surface area contributed by atoms with E-state index in [9.17, 15) is 0 Å². The van der Waals surface area contributed by atoms with E-state index in [-0.39, 0.29) is 0 Å². The monoisotopic (exact) mass is 663 g/mol. The third kappa shape index (κ3) is 3.60. The zero-order valence-electron chi connectivity index (χ0n) is 28.0.